The molecule has 0 aliphatic carbocycles. The number of amides is 1. The Morgan fingerprint density at radius 2 is 1.74 bits per heavy atom. The summed E-state index contributed by atoms with van der Waals surface area (Å²) in [7, 11) is 1.74. The molecule has 1 saturated heterocycles. The van der Waals surface area contributed by atoms with Crippen LogP contribution < -0.4 is 15.2 Å². The molecule has 1 amide bonds. The number of anilines is 1. The quantitative estimate of drug-likeness (QED) is 0.572. The number of pyridine rings is 1. The van der Waals surface area contributed by atoms with Gasteiger partial charge in [0.05, 0.1) is 17.8 Å². The second-order valence-corrected chi connectivity index (χ2v) is 7.69. The molecular formula is C24H26FN3O3. The first-order valence-corrected chi connectivity index (χ1v) is 10.5. The smallest absolute Gasteiger partial charge is 0.254 e. The van der Waals surface area contributed by atoms with Crippen molar-refractivity contribution in [3.05, 3.63) is 70.8 Å². The van der Waals surface area contributed by atoms with E-state index in [1.165, 1.54) is 12.1 Å². The van der Waals surface area contributed by atoms with E-state index in [9.17, 15) is 14.0 Å². The summed E-state index contributed by atoms with van der Waals surface area (Å²) >= 11 is 0. The highest BCUT2D eigenvalue weighted by Crippen LogP contribution is 2.23. The number of aromatic nitrogens is 1. The fraction of sp³-hybridized carbons (Fsp3) is 0.333. The minimum Gasteiger partial charge on any atom is -0.493 e. The highest BCUT2D eigenvalue weighted by atomic mass is 19.1. The van der Waals surface area contributed by atoms with Gasteiger partial charge in [0.25, 0.3) is 5.56 Å². The first kappa shape index (κ1) is 20.9. The molecule has 0 radical (unpaired) electrons. The Labute approximate surface area is 180 Å². The van der Waals surface area contributed by atoms with Crippen LogP contribution in [-0.2, 0) is 11.8 Å². The third kappa shape index (κ3) is 4.55. The number of hydrogen-bond donors (Lipinski definition) is 0. The molecule has 1 aliphatic rings. The molecule has 2 heterocycles. The van der Waals surface area contributed by atoms with Gasteiger partial charge < -0.3 is 19.1 Å². The fourth-order valence-corrected chi connectivity index (χ4v) is 3.97. The zero-order valence-corrected chi connectivity index (χ0v) is 17.6. The molecule has 31 heavy (non-hydrogen) atoms. The van der Waals surface area contributed by atoms with E-state index in [0.29, 0.717) is 57.1 Å². The molecule has 0 atom stereocenters. The standard InChI is InChI=1S/C24H26FN3O3/c1-26-20-9-4-2-7-18(20)22(17-24(26)30)31-16-6-11-23(29)28-14-12-27(13-15-28)21-10-5-3-8-19(21)25/h2-5,7-10,17H,6,11-16H2,1H3. The number of rotatable bonds is 6. The van der Waals surface area contributed by atoms with Gasteiger partial charge in [-0.3, -0.25) is 9.59 Å². The number of aryl methyl sites for hydroxylation is 1. The molecule has 0 unspecified atom stereocenters. The van der Waals surface area contributed by atoms with E-state index in [4.69, 9.17) is 4.74 Å². The number of piperazine rings is 1. The van der Waals surface area contributed by atoms with Gasteiger partial charge in [0.1, 0.15) is 11.6 Å². The third-order valence-corrected chi connectivity index (χ3v) is 5.73. The normalized spacial score (nSPS) is 14.1. The lowest BCUT2D eigenvalue weighted by Crippen LogP contribution is -2.49. The summed E-state index contributed by atoms with van der Waals surface area (Å²) in [6, 6.07) is 15.8. The average Bonchev–Trinajstić information content (AvgIpc) is 2.80. The number of ether oxygens (including phenoxy) is 1. The van der Waals surface area contributed by atoms with Crippen molar-refractivity contribution in [2.24, 2.45) is 7.05 Å². The molecule has 0 N–H and O–H groups in total. The predicted molar refractivity (Wildman–Crippen MR) is 119 cm³/mol. The molecule has 0 spiro atoms. The van der Waals surface area contributed by atoms with E-state index < -0.39 is 0 Å². The molecule has 4 rings (SSSR count). The minimum atomic E-state index is -0.234. The van der Waals surface area contributed by atoms with Crippen molar-refractivity contribution in [1.82, 2.24) is 9.47 Å². The molecule has 1 aliphatic heterocycles. The Morgan fingerprint density at radius 3 is 2.52 bits per heavy atom. The van der Waals surface area contributed by atoms with E-state index in [2.05, 4.69) is 0 Å². The minimum absolute atomic E-state index is 0.0746. The summed E-state index contributed by atoms with van der Waals surface area (Å²) in [6.45, 7) is 2.74. The molecule has 0 saturated carbocycles. The van der Waals surface area contributed by atoms with Crippen LogP contribution in [0.1, 0.15) is 12.8 Å². The maximum absolute atomic E-state index is 14.0. The molecule has 6 nitrogen and oxygen atoms in total. The van der Waals surface area contributed by atoms with Gasteiger partial charge in [-0.25, -0.2) is 4.39 Å². The van der Waals surface area contributed by atoms with Crippen LogP contribution in [-0.4, -0.2) is 48.2 Å². The number of nitrogens with zero attached hydrogens (tertiary/aromatic N) is 3. The number of hydrogen-bond acceptors (Lipinski definition) is 4. The highest BCUT2D eigenvalue weighted by molar-refractivity contribution is 5.85. The molecule has 0 bridgehead atoms. The molecule has 162 valence electrons. The van der Waals surface area contributed by atoms with E-state index in [1.807, 2.05) is 40.1 Å². The van der Waals surface area contributed by atoms with Crippen LogP contribution in [0.4, 0.5) is 10.1 Å². The Hall–Kier alpha value is -3.35. The van der Waals surface area contributed by atoms with E-state index >= 15 is 0 Å². The van der Waals surface area contributed by atoms with Crippen molar-refractivity contribution < 1.29 is 13.9 Å². The van der Waals surface area contributed by atoms with Crippen LogP contribution in [0.5, 0.6) is 5.75 Å². The van der Waals surface area contributed by atoms with Gasteiger partial charge in [0.2, 0.25) is 5.91 Å². The van der Waals surface area contributed by atoms with E-state index in [-0.39, 0.29) is 17.3 Å². The van der Waals surface area contributed by atoms with Gasteiger partial charge in [-0.2, -0.15) is 0 Å². The number of para-hydroxylation sites is 2. The van der Waals surface area contributed by atoms with Crippen LogP contribution in [0.3, 0.4) is 0 Å². The SMILES string of the molecule is Cn1c(=O)cc(OCCCC(=O)N2CCN(c3ccccc3F)CC2)c2ccccc21. The third-order valence-electron chi connectivity index (χ3n) is 5.73. The Kier molecular flexibility index (Phi) is 6.21. The van der Waals surface area contributed by atoms with Crippen LogP contribution in [0.15, 0.2) is 59.4 Å². The number of halogens is 1. The molecule has 1 fully saturated rings. The largest absolute Gasteiger partial charge is 0.493 e. The Morgan fingerprint density at radius 1 is 1.03 bits per heavy atom. The zero-order valence-electron chi connectivity index (χ0n) is 17.6. The molecule has 1 aromatic heterocycles. The zero-order chi connectivity index (χ0) is 21.8. The summed E-state index contributed by atoms with van der Waals surface area (Å²) < 4.78 is 21.4. The Balaban J connectivity index is 1.27. The fourth-order valence-electron chi connectivity index (χ4n) is 3.97. The topological polar surface area (TPSA) is 54.8 Å². The summed E-state index contributed by atoms with van der Waals surface area (Å²) in [6.07, 6.45) is 0.943. The van der Waals surface area contributed by atoms with Gasteiger partial charge in [-0.15, -0.1) is 0 Å². The van der Waals surface area contributed by atoms with Crippen LogP contribution in [0.25, 0.3) is 10.9 Å². The lowest BCUT2D eigenvalue weighted by atomic mass is 10.2. The van der Waals surface area contributed by atoms with E-state index in [1.54, 1.807) is 23.7 Å². The van der Waals surface area contributed by atoms with Crippen molar-refractivity contribution in [2.45, 2.75) is 12.8 Å². The maximum Gasteiger partial charge on any atom is 0.254 e. The maximum atomic E-state index is 14.0. The number of carbonyl (C=O) groups is 1. The van der Waals surface area contributed by atoms with Gasteiger partial charge >= 0.3 is 0 Å². The van der Waals surface area contributed by atoms with Crippen molar-refractivity contribution >= 4 is 22.5 Å². The Bertz CT molecular complexity index is 1140. The summed E-state index contributed by atoms with van der Waals surface area (Å²) in [4.78, 5) is 28.5. The van der Waals surface area contributed by atoms with Crippen molar-refractivity contribution in [2.75, 3.05) is 37.7 Å². The van der Waals surface area contributed by atoms with Crippen LogP contribution in [0.2, 0.25) is 0 Å². The van der Waals surface area contributed by atoms with Crippen LogP contribution in [0, 0.1) is 5.82 Å². The molecule has 7 heteroatoms. The lowest BCUT2D eigenvalue weighted by molar-refractivity contribution is -0.131. The lowest BCUT2D eigenvalue weighted by Gasteiger charge is -2.36. The van der Waals surface area contributed by atoms with Gasteiger partial charge in [0.15, 0.2) is 0 Å². The highest BCUT2D eigenvalue weighted by Gasteiger charge is 2.22. The monoisotopic (exact) mass is 423 g/mol. The average molecular weight is 423 g/mol. The van der Waals surface area contributed by atoms with E-state index in [0.717, 1.165) is 10.9 Å². The molecule has 2 aromatic carbocycles. The summed E-state index contributed by atoms with van der Waals surface area (Å²) in [5.41, 5.74) is 1.27. The second-order valence-electron chi connectivity index (χ2n) is 7.69. The first-order chi connectivity index (χ1) is 15.0. The summed E-state index contributed by atoms with van der Waals surface area (Å²) in [5, 5.41) is 0.875. The second kappa shape index (κ2) is 9.20. The molecule has 3 aromatic rings. The van der Waals surface area contributed by atoms with Gasteiger partial charge in [-0.05, 0) is 30.7 Å². The predicted octanol–water partition coefficient (Wildman–Crippen LogP) is 3.19. The number of fused-ring (bicyclic) bond motifs is 1. The summed E-state index contributed by atoms with van der Waals surface area (Å²) in [5.74, 6) is 0.387. The number of carbonyl (C=O) groups excluding carboxylic acids is 1. The van der Waals surface area contributed by atoms with Crippen molar-refractivity contribution in [3.63, 3.8) is 0 Å². The first-order valence-electron chi connectivity index (χ1n) is 10.5. The van der Waals surface area contributed by atoms with Crippen molar-refractivity contribution in [3.8, 4) is 5.75 Å². The van der Waals surface area contributed by atoms with Crippen LogP contribution >= 0.6 is 0 Å². The number of benzene rings is 2. The van der Waals surface area contributed by atoms with Gasteiger partial charge in [-0.1, -0.05) is 24.3 Å². The molecular weight excluding hydrogens is 397 g/mol. The van der Waals surface area contributed by atoms with Crippen molar-refractivity contribution in [1.29, 1.82) is 0 Å². The van der Waals surface area contributed by atoms with Gasteiger partial charge in [0, 0.05) is 51.1 Å².